The van der Waals surface area contributed by atoms with E-state index in [0.717, 1.165) is 6.07 Å². The molecule has 0 aliphatic heterocycles. The van der Waals surface area contributed by atoms with Crippen LogP contribution in [0.25, 0.3) is 0 Å². The van der Waals surface area contributed by atoms with E-state index in [0.29, 0.717) is 5.75 Å². The average Bonchev–Trinajstić information content (AvgIpc) is 2.16. The largest absolute Gasteiger partial charge is 0.497 e. The van der Waals surface area contributed by atoms with E-state index >= 15 is 0 Å². The zero-order chi connectivity index (χ0) is 11.4. The SMILES string of the molecule is COc1ccc([N+](=O)[O-])c(OC(N)=O)c1. The number of carbonyl (C=O) groups is 1. The van der Waals surface area contributed by atoms with Crippen LogP contribution in [0.2, 0.25) is 0 Å². The highest BCUT2D eigenvalue weighted by Gasteiger charge is 2.17. The van der Waals surface area contributed by atoms with E-state index in [1.807, 2.05) is 0 Å². The summed E-state index contributed by atoms with van der Waals surface area (Å²) >= 11 is 0. The number of primary amides is 1. The Hall–Kier alpha value is -2.31. The normalized spacial score (nSPS) is 9.40. The number of ether oxygens (including phenoxy) is 2. The molecule has 1 rings (SSSR count). The molecule has 0 aromatic heterocycles. The summed E-state index contributed by atoms with van der Waals surface area (Å²) in [4.78, 5) is 20.3. The summed E-state index contributed by atoms with van der Waals surface area (Å²) in [7, 11) is 1.38. The Kier molecular flexibility index (Phi) is 3.06. The molecule has 7 heteroatoms. The van der Waals surface area contributed by atoms with Crippen molar-refractivity contribution in [3.05, 3.63) is 28.3 Å². The highest BCUT2D eigenvalue weighted by atomic mass is 16.6. The van der Waals surface area contributed by atoms with Gasteiger partial charge in [0.25, 0.3) is 0 Å². The van der Waals surface area contributed by atoms with Gasteiger partial charge in [-0.2, -0.15) is 0 Å². The lowest BCUT2D eigenvalue weighted by atomic mass is 10.3. The van der Waals surface area contributed by atoms with Crippen LogP contribution >= 0.6 is 0 Å². The lowest BCUT2D eigenvalue weighted by Crippen LogP contribution is -2.17. The third kappa shape index (κ3) is 2.56. The van der Waals surface area contributed by atoms with Crippen molar-refractivity contribution >= 4 is 11.8 Å². The van der Waals surface area contributed by atoms with E-state index in [-0.39, 0.29) is 11.4 Å². The summed E-state index contributed by atoms with van der Waals surface area (Å²) in [6, 6.07) is 3.76. The van der Waals surface area contributed by atoms with Crippen LogP contribution in [-0.4, -0.2) is 18.1 Å². The van der Waals surface area contributed by atoms with Gasteiger partial charge in [-0.15, -0.1) is 0 Å². The highest BCUT2D eigenvalue weighted by molar-refractivity contribution is 5.70. The molecule has 1 aromatic carbocycles. The van der Waals surface area contributed by atoms with E-state index in [1.54, 1.807) is 0 Å². The second kappa shape index (κ2) is 4.27. The number of hydrogen-bond acceptors (Lipinski definition) is 5. The van der Waals surface area contributed by atoms with Crippen LogP contribution in [0.3, 0.4) is 0 Å². The number of amides is 1. The first-order chi connectivity index (χ1) is 7.04. The molecule has 0 spiro atoms. The number of nitro benzene ring substituents is 1. The van der Waals surface area contributed by atoms with Gasteiger partial charge in [0.2, 0.25) is 5.75 Å². The van der Waals surface area contributed by atoms with Gasteiger partial charge in [0.1, 0.15) is 5.75 Å². The smallest absolute Gasteiger partial charge is 0.410 e. The molecule has 0 aliphatic carbocycles. The summed E-state index contributed by atoms with van der Waals surface area (Å²) in [5.41, 5.74) is 4.41. The number of carbonyl (C=O) groups excluding carboxylic acids is 1. The second-order valence-electron chi connectivity index (χ2n) is 2.51. The van der Waals surface area contributed by atoms with Crippen molar-refractivity contribution in [2.75, 3.05) is 7.11 Å². The predicted molar refractivity (Wildman–Crippen MR) is 49.9 cm³/mol. The highest BCUT2D eigenvalue weighted by Crippen LogP contribution is 2.30. The standard InChI is InChI=1S/C8H8N2O5/c1-14-5-2-3-6(10(12)13)7(4-5)15-8(9)11/h2-4H,1H3,(H2,9,11). The molecule has 2 N–H and O–H groups in total. The molecule has 0 radical (unpaired) electrons. The molecule has 0 saturated carbocycles. The van der Waals surface area contributed by atoms with E-state index < -0.39 is 11.0 Å². The molecule has 1 amide bonds. The van der Waals surface area contributed by atoms with Crippen molar-refractivity contribution in [1.29, 1.82) is 0 Å². The van der Waals surface area contributed by atoms with Gasteiger partial charge in [-0.3, -0.25) is 10.1 Å². The minimum absolute atomic E-state index is 0.244. The van der Waals surface area contributed by atoms with Crippen molar-refractivity contribution in [1.82, 2.24) is 0 Å². The molecule has 1 aromatic rings. The summed E-state index contributed by atoms with van der Waals surface area (Å²) in [5.74, 6) is 0.0868. The second-order valence-corrected chi connectivity index (χ2v) is 2.51. The van der Waals surface area contributed by atoms with Crippen LogP contribution in [0, 0.1) is 10.1 Å². The summed E-state index contributed by atoms with van der Waals surface area (Å²) in [6.07, 6.45) is -1.12. The van der Waals surface area contributed by atoms with Gasteiger partial charge in [-0.25, -0.2) is 4.79 Å². The first kappa shape index (κ1) is 10.8. The fraction of sp³-hybridized carbons (Fsp3) is 0.125. The number of nitrogens with two attached hydrogens (primary N) is 1. The first-order valence-electron chi connectivity index (χ1n) is 3.84. The van der Waals surface area contributed by atoms with Gasteiger partial charge in [-0.05, 0) is 6.07 Å². The Morgan fingerprint density at radius 1 is 1.53 bits per heavy atom. The summed E-state index contributed by atoms with van der Waals surface area (Å²) < 4.78 is 9.28. The average molecular weight is 212 g/mol. The third-order valence-corrected chi connectivity index (χ3v) is 1.57. The fourth-order valence-corrected chi connectivity index (χ4v) is 0.962. The monoisotopic (exact) mass is 212 g/mol. The predicted octanol–water partition coefficient (Wildman–Crippen LogP) is 1.06. The Morgan fingerprint density at radius 2 is 2.20 bits per heavy atom. The minimum atomic E-state index is -1.12. The van der Waals surface area contributed by atoms with E-state index in [2.05, 4.69) is 4.74 Å². The van der Waals surface area contributed by atoms with Gasteiger partial charge in [0, 0.05) is 12.1 Å². The zero-order valence-electron chi connectivity index (χ0n) is 7.80. The summed E-state index contributed by atoms with van der Waals surface area (Å²) in [6.45, 7) is 0. The number of rotatable bonds is 3. The number of benzene rings is 1. The van der Waals surface area contributed by atoms with E-state index in [4.69, 9.17) is 10.5 Å². The molecule has 0 aliphatic rings. The van der Waals surface area contributed by atoms with Crippen molar-refractivity contribution in [2.24, 2.45) is 5.73 Å². The maximum atomic E-state index is 10.5. The Bertz CT molecular complexity index is 404. The molecule has 0 unspecified atom stereocenters. The number of methoxy groups -OCH3 is 1. The van der Waals surface area contributed by atoms with Crippen LogP contribution < -0.4 is 15.2 Å². The molecule has 15 heavy (non-hydrogen) atoms. The van der Waals surface area contributed by atoms with Crippen molar-refractivity contribution < 1.29 is 19.2 Å². The quantitative estimate of drug-likeness (QED) is 0.595. The van der Waals surface area contributed by atoms with E-state index in [1.165, 1.54) is 19.2 Å². The molecule has 0 heterocycles. The van der Waals surface area contributed by atoms with Crippen molar-refractivity contribution in [3.63, 3.8) is 0 Å². The lowest BCUT2D eigenvalue weighted by Gasteiger charge is -2.04. The Morgan fingerprint density at radius 3 is 2.67 bits per heavy atom. The molecule has 0 saturated heterocycles. The fourth-order valence-electron chi connectivity index (χ4n) is 0.962. The molecular formula is C8H8N2O5. The van der Waals surface area contributed by atoms with Crippen molar-refractivity contribution in [3.8, 4) is 11.5 Å². The minimum Gasteiger partial charge on any atom is -0.497 e. The van der Waals surface area contributed by atoms with Crippen LogP contribution in [0.15, 0.2) is 18.2 Å². The molecule has 0 atom stereocenters. The topological polar surface area (TPSA) is 105 Å². The maximum absolute atomic E-state index is 10.5. The number of nitrogens with zero attached hydrogens (tertiary/aromatic N) is 1. The molecule has 0 bridgehead atoms. The van der Waals surface area contributed by atoms with Gasteiger partial charge in [-0.1, -0.05) is 0 Å². The Labute approximate surface area is 84.5 Å². The zero-order valence-corrected chi connectivity index (χ0v) is 7.80. The first-order valence-corrected chi connectivity index (χ1v) is 3.84. The van der Waals surface area contributed by atoms with Crippen LogP contribution in [0.1, 0.15) is 0 Å². The molecule has 7 nitrogen and oxygen atoms in total. The molecule has 0 fully saturated rings. The van der Waals surface area contributed by atoms with Crippen LogP contribution in [0.4, 0.5) is 10.5 Å². The van der Waals surface area contributed by atoms with Gasteiger partial charge < -0.3 is 15.2 Å². The molecular weight excluding hydrogens is 204 g/mol. The third-order valence-electron chi connectivity index (χ3n) is 1.57. The Balaban J connectivity index is 3.16. The van der Waals surface area contributed by atoms with Crippen molar-refractivity contribution in [2.45, 2.75) is 0 Å². The van der Waals surface area contributed by atoms with Crippen LogP contribution in [0.5, 0.6) is 11.5 Å². The van der Waals surface area contributed by atoms with Gasteiger partial charge in [0.05, 0.1) is 12.0 Å². The van der Waals surface area contributed by atoms with Gasteiger partial charge in [0.15, 0.2) is 0 Å². The number of nitro groups is 1. The molecule has 80 valence electrons. The lowest BCUT2D eigenvalue weighted by molar-refractivity contribution is -0.385. The summed E-state index contributed by atoms with van der Waals surface area (Å²) in [5, 5.41) is 10.5. The van der Waals surface area contributed by atoms with Gasteiger partial charge >= 0.3 is 11.8 Å². The number of hydrogen-bond donors (Lipinski definition) is 1. The maximum Gasteiger partial charge on any atom is 0.410 e. The van der Waals surface area contributed by atoms with E-state index in [9.17, 15) is 14.9 Å². The van der Waals surface area contributed by atoms with Crippen LogP contribution in [-0.2, 0) is 0 Å².